The molecule has 0 aromatic heterocycles. The summed E-state index contributed by atoms with van der Waals surface area (Å²) in [6.45, 7) is 13.1. The molecule has 0 radical (unpaired) electrons. The van der Waals surface area contributed by atoms with Crippen LogP contribution in [0.3, 0.4) is 0 Å². The minimum Gasteiger partial charge on any atom is -0.303 e. The van der Waals surface area contributed by atoms with Crippen LogP contribution in [0.25, 0.3) is 0 Å². The quantitative estimate of drug-likeness (QED) is 0.429. The maximum Gasteiger partial charge on any atom is -0.00187 e. The van der Waals surface area contributed by atoms with Crippen molar-refractivity contribution in [3.8, 4) is 0 Å². The zero-order valence-electron chi connectivity index (χ0n) is 12.8. The molecule has 0 atom stereocenters. The van der Waals surface area contributed by atoms with Crippen molar-refractivity contribution >= 4 is 0 Å². The van der Waals surface area contributed by atoms with E-state index in [9.17, 15) is 0 Å². The zero-order valence-corrected chi connectivity index (χ0v) is 12.8. The van der Waals surface area contributed by atoms with E-state index in [4.69, 9.17) is 0 Å². The van der Waals surface area contributed by atoms with Crippen molar-refractivity contribution < 1.29 is 0 Å². The first-order valence-electron chi connectivity index (χ1n) is 7.93. The Bertz CT molecular complexity index is 136. The lowest BCUT2D eigenvalue weighted by molar-refractivity contribution is 0.267. The van der Waals surface area contributed by atoms with Crippen LogP contribution in [0.2, 0.25) is 0 Å². The van der Waals surface area contributed by atoms with Crippen LogP contribution >= 0.6 is 0 Å². The first kappa shape index (κ1) is 17.0. The SMILES string of the molecule is CCCN(CCC)CCCCCCCC(C)C. The molecule has 1 heteroatoms. The maximum absolute atomic E-state index is 2.63. The van der Waals surface area contributed by atoms with Crippen LogP contribution in [-0.4, -0.2) is 24.5 Å². The van der Waals surface area contributed by atoms with Crippen molar-refractivity contribution in [3.05, 3.63) is 0 Å². The second kappa shape index (κ2) is 12.4. The van der Waals surface area contributed by atoms with E-state index < -0.39 is 0 Å². The van der Waals surface area contributed by atoms with Crippen molar-refractivity contribution in [2.45, 2.75) is 79.1 Å². The Hall–Kier alpha value is -0.0400. The van der Waals surface area contributed by atoms with E-state index in [1.165, 1.54) is 71.0 Å². The highest BCUT2D eigenvalue weighted by molar-refractivity contribution is 4.57. The number of hydrogen-bond donors (Lipinski definition) is 0. The van der Waals surface area contributed by atoms with Gasteiger partial charge >= 0.3 is 0 Å². The van der Waals surface area contributed by atoms with Crippen molar-refractivity contribution in [2.75, 3.05) is 19.6 Å². The molecule has 0 rings (SSSR count). The lowest BCUT2D eigenvalue weighted by atomic mass is 10.0. The molecule has 0 fully saturated rings. The Kier molecular flexibility index (Phi) is 12.4. The Balaban J connectivity index is 3.29. The second-order valence-electron chi connectivity index (χ2n) is 5.79. The molecule has 0 aliphatic carbocycles. The third-order valence-electron chi connectivity index (χ3n) is 3.34. The van der Waals surface area contributed by atoms with Crippen LogP contribution in [0.15, 0.2) is 0 Å². The number of rotatable bonds is 12. The molecule has 0 aromatic carbocycles. The fourth-order valence-corrected chi connectivity index (χ4v) is 2.39. The van der Waals surface area contributed by atoms with Crippen LogP contribution in [0.1, 0.15) is 79.1 Å². The molecule has 0 aromatic rings. The Labute approximate surface area is 110 Å². The normalized spacial score (nSPS) is 11.6. The molecule has 0 N–H and O–H groups in total. The molecule has 0 heterocycles. The molecule has 0 aliphatic heterocycles. The first-order chi connectivity index (χ1) is 8.20. The van der Waals surface area contributed by atoms with Gasteiger partial charge < -0.3 is 4.90 Å². The number of unbranched alkanes of at least 4 members (excludes halogenated alkanes) is 4. The van der Waals surface area contributed by atoms with Crippen molar-refractivity contribution in [2.24, 2.45) is 5.92 Å². The minimum absolute atomic E-state index is 0.889. The van der Waals surface area contributed by atoms with E-state index in [2.05, 4.69) is 32.6 Å². The summed E-state index contributed by atoms with van der Waals surface area (Å²) in [5.41, 5.74) is 0. The molecule has 0 bridgehead atoms. The molecular formula is C16H35N. The summed E-state index contributed by atoms with van der Waals surface area (Å²) < 4.78 is 0. The molecule has 104 valence electrons. The first-order valence-corrected chi connectivity index (χ1v) is 7.93. The lowest BCUT2D eigenvalue weighted by Crippen LogP contribution is -2.26. The fraction of sp³-hybridized carbons (Fsp3) is 1.00. The predicted molar refractivity (Wildman–Crippen MR) is 79.6 cm³/mol. The van der Waals surface area contributed by atoms with Gasteiger partial charge in [-0.2, -0.15) is 0 Å². The van der Waals surface area contributed by atoms with E-state index >= 15 is 0 Å². The molecule has 0 aliphatic rings. The molecule has 1 nitrogen and oxygen atoms in total. The monoisotopic (exact) mass is 241 g/mol. The number of nitrogens with zero attached hydrogens (tertiary/aromatic N) is 1. The summed E-state index contributed by atoms with van der Waals surface area (Å²) in [5, 5.41) is 0. The van der Waals surface area contributed by atoms with Gasteiger partial charge in [0.2, 0.25) is 0 Å². The average Bonchev–Trinajstić information content (AvgIpc) is 2.28. The molecule has 17 heavy (non-hydrogen) atoms. The highest BCUT2D eigenvalue weighted by Gasteiger charge is 2.01. The maximum atomic E-state index is 2.63. The molecular weight excluding hydrogens is 206 g/mol. The summed E-state index contributed by atoms with van der Waals surface area (Å²) >= 11 is 0. The second-order valence-corrected chi connectivity index (χ2v) is 5.79. The van der Waals surface area contributed by atoms with E-state index in [-0.39, 0.29) is 0 Å². The van der Waals surface area contributed by atoms with E-state index in [1.54, 1.807) is 0 Å². The highest BCUT2D eigenvalue weighted by Crippen LogP contribution is 2.10. The summed E-state index contributed by atoms with van der Waals surface area (Å²) in [5.74, 6) is 0.889. The molecule has 0 unspecified atom stereocenters. The van der Waals surface area contributed by atoms with Gasteiger partial charge in [0, 0.05) is 0 Å². The number of hydrogen-bond acceptors (Lipinski definition) is 1. The fourth-order valence-electron chi connectivity index (χ4n) is 2.39. The standard InChI is InChI=1S/C16H35N/c1-5-13-17(14-6-2)15-11-9-7-8-10-12-16(3)4/h16H,5-15H2,1-4H3. The smallest absolute Gasteiger partial charge is 0.00187 e. The zero-order chi connectivity index (χ0) is 12.9. The summed E-state index contributed by atoms with van der Waals surface area (Å²) in [6.07, 6.45) is 11.2. The average molecular weight is 241 g/mol. The van der Waals surface area contributed by atoms with Crippen LogP contribution < -0.4 is 0 Å². The molecule has 0 saturated carbocycles. The minimum atomic E-state index is 0.889. The predicted octanol–water partition coefficient (Wildman–Crippen LogP) is 5.11. The van der Waals surface area contributed by atoms with Crippen molar-refractivity contribution in [1.82, 2.24) is 4.90 Å². The van der Waals surface area contributed by atoms with Crippen LogP contribution in [0, 0.1) is 5.92 Å². The van der Waals surface area contributed by atoms with Gasteiger partial charge in [0.05, 0.1) is 0 Å². The molecule has 0 amide bonds. The van der Waals surface area contributed by atoms with Crippen LogP contribution in [0.4, 0.5) is 0 Å². The summed E-state index contributed by atoms with van der Waals surface area (Å²) in [6, 6.07) is 0. The van der Waals surface area contributed by atoms with Gasteiger partial charge in [-0.3, -0.25) is 0 Å². The van der Waals surface area contributed by atoms with Crippen LogP contribution in [0.5, 0.6) is 0 Å². The Morgan fingerprint density at radius 2 is 1.24 bits per heavy atom. The Morgan fingerprint density at radius 3 is 1.76 bits per heavy atom. The summed E-state index contributed by atoms with van der Waals surface area (Å²) in [7, 11) is 0. The third-order valence-corrected chi connectivity index (χ3v) is 3.34. The van der Waals surface area contributed by atoms with Gasteiger partial charge in [0.1, 0.15) is 0 Å². The third kappa shape index (κ3) is 12.2. The highest BCUT2D eigenvalue weighted by atomic mass is 15.1. The topological polar surface area (TPSA) is 3.24 Å². The van der Waals surface area contributed by atoms with Gasteiger partial charge in [0.25, 0.3) is 0 Å². The van der Waals surface area contributed by atoms with Gasteiger partial charge in [0.15, 0.2) is 0 Å². The van der Waals surface area contributed by atoms with Crippen molar-refractivity contribution in [3.63, 3.8) is 0 Å². The van der Waals surface area contributed by atoms with Gasteiger partial charge in [-0.1, -0.05) is 59.8 Å². The van der Waals surface area contributed by atoms with Gasteiger partial charge in [-0.15, -0.1) is 0 Å². The Morgan fingerprint density at radius 1 is 0.706 bits per heavy atom. The largest absolute Gasteiger partial charge is 0.303 e. The van der Waals surface area contributed by atoms with Crippen LogP contribution in [-0.2, 0) is 0 Å². The molecule has 0 spiro atoms. The van der Waals surface area contributed by atoms with E-state index in [0.29, 0.717) is 0 Å². The van der Waals surface area contributed by atoms with E-state index in [1.807, 2.05) is 0 Å². The molecule has 0 saturated heterocycles. The van der Waals surface area contributed by atoms with Gasteiger partial charge in [-0.25, -0.2) is 0 Å². The summed E-state index contributed by atoms with van der Waals surface area (Å²) in [4.78, 5) is 2.63. The van der Waals surface area contributed by atoms with E-state index in [0.717, 1.165) is 5.92 Å². The van der Waals surface area contributed by atoms with Crippen molar-refractivity contribution in [1.29, 1.82) is 0 Å². The van der Waals surface area contributed by atoms with Gasteiger partial charge in [-0.05, 0) is 44.8 Å². The lowest BCUT2D eigenvalue weighted by Gasteiger charge is -2.20.